The van der Waals surface area contributed by atoms with Gasteiger partial charge < -0.3 is 0 Å². The van der Waals surface area contributed by atoms with Crippen molar-refractivity contribution in [2.75, 3.05) is 0 Å². The molecule has 0 heterocycles. The fourth-order valence-electron chi connectivity index (χ4n) is 2.64. The summed E-state index contributed by atoms with van der Waals surface area (Å²) in [7, 11) is 0. The van der Waals surface area contributed by atoms with Gasteiger partial charge in [-0.2, -0.15) is 5.26 Å². The molecule has 2 nitrogen and oxygen atoms in total. The van der Waals surface area contributed by atoms with E-state index >= 15 is 0 Å². The summed E-state index contributed by atoms with van der Waals surface area (Å²) in [6.45, 7) is 0. The van der Waals surface area contributed by atoms with Gasteiger partial charge in [-0.25, -0.2) is 0 Å². The number of carbonyl (C=O) groups excluding carboxylic acids is 1. The summed E-state index contributed by atoms with van der Waals surface area (Å²) in [4.78, 5) is 11.7. The summed E-state index contributed by atoms with van der Waals surface area (Å²) >= 11 is 0. The molecule has 0 atom stereocenters. The van der Waals surface area contributed by atoms with Crippen LogP contribution in [0.1, 0.15) is 38.5 Å². The molecule has 0 N–H and O–H groups in total. The highest BCUT2D eigenvalue weighted by Crippen LogP contribution is 2.45. The van der Waals surface area contributed by atoms with Gasteiger partial charge in [0, 0.05) is 5.92 Å². The summed E-state index contributed by atoms with van der Waals surface area (Å²) in [6, 6.07) is 2.25. The minimum Gasteiger partial charge on any atom is -0.298 e. The van der Waals surface area contributed by atoms with Crippen molar-refractivity contribution in [2.24, 2.45) is 11.3 Å². The first-order valence-electron chi connectivity index (χ1n) is 4.74. The fraction of sp³-hybridized carbons (Fsp3) is 0.800. The number of hydrogen-bond donors (Lipinski definition) is 0. The lowest BCUT2D eigenvalue weighted by atomic mass is 9.62. The summed E-state index contributed by atoms with van der Waals surface area (Å²) in [5.74, 6) is 0.481. The van der Waals surface area contributed by atoms with Gasteiger partial charge in [0.2, 0.25) is 0 Å². The summed E-state index contributed by atoms with van der Waals surface area (Å²) < 4.78 is 0. The van der Waals surface area contributed by atoms with Gasteiger partial charge in [-0.05, 0) is 25.7 Å². The Morgan fingerprint density at radius 3 is 2.33 bits per heavy atom. The molecule has 0 saturated heterocycles. The number of fused-ring (bicyclic) bond motifs is 2. The SMILES string of the molecule is N#CC12CCCC(CCC1)C2=O. The van der Waals surface area contributed by atoms with E-state index in [9.17, 15) is 4.79 Å². The lowest BCUT2D eigenvalue weighted by Gasteiger charge is -2.38. The predicted octanol–water partition coefficient (Wildman–Crippen LogP) is 2.05. The van der Waals surface area contributed by atoms with Crippen molar-refractivity contribution in [3.8, 4) is 6.07 Å². The van der Waals surface area contributed by atoms with Crippen LogP contribution in [-0.4, -0.2) is 5.78 Å². The molecule has 0 aromatic rings. The molecule has 0 spiro atoms. The average molecular weight is 163 g/mol. The zero-order valence-electron chi connectivity index (χ0n) is 7.18. The zero-order chi connectivity index (χ0) is 8.60. The van der Waals surface area contributed by atoms with Crippen LogP contribution < -0.4 is 0 Å². The topological polar surface area (TPSA) is 40.9 Å². The van der Waals surface area contributed by atoms with Crippen LogP contribution in [0.4, 0.5) is 0 Å². The van der Waals surface area contributed by atoms with E-state index in [0.29, 0.717) is 0 Å². The van der Waals surface area contributed by atoms with Crippen LogP contribution in [0.2, 0.25) is 0 Å². The van der Waals surface area contributed by atoms with E-state index in [2.05, 4.69) is 6.07 Å². The van der Waals surface area contributed by atoms with Crippen molar-refractivity contribution in [1.82, 2.24) is 0 Å². The fourth-order valence-corrected chi connectivity index (χ4v) is 2.64. The van der Waals surface area contributed by atoms with E-state index in [1.54, 1.807) is 0 Å². The van der Waals surface area contributed by atoms with Crippen LogP contribution in [0.25, 0.3) is 0 Å². The lowest BCUT2D eigenvalue weighted by molar-refractivity contribution is -0.136. The van der Waals surface area contributed by atoms with Gasteiger partial charge in [-0.3, -0.25) is 4.79 Å². The molecule has 0 amide bonds. The van der Waals surface area contributed by atoms with E-state index in [4.69, 9.17) is 5.26 Å². The van der Waals surface area contributed by atoms with Gasteiger partial charge in [-0.1, -0.05) is 12.8 Å². The molecule has 2 fully saturated rings. The Hall–Kier alpha value is -0.840. The van der Waals surface area contributed by atoms with Gasteiger partial charge in [0.1, 0.15) is 5.41 Å². The van der Waals surface area contributed by atoms with Gasteiger partial charge in [0.25, 0.3) is 0 Å². The molecular formula is C10H13NO. The third-order valence-corrected chi connectivity index (χ3v) is 3.37. The Morgan fingerprint density at radius 1 is 1.33 bits per heavy atom. The van der Waals surface area contributed by atoms with Gasteiger partial charge in [0.15, 0.2) is 5.78 Å². The predicted molar refractivity (Wildman–Crippen MR) is 44.2 cm³/mol. The number of hydrogen-bond acceptors (Lipinski definition) is 2. The molecule has 0 aliphatic heterocycles. The van der Waals surface area contributed by atoms with Crippen LogP contribution in [-0.2, 0) is 4.79 Å². The number of nitrogens with zero attached hydrogens (tertiary/aromatic N) is 1. The largest absolute Gasteiger partial charge is 0.298 e. The van der Waals surface area contributed by atoms with E-state index < -0.39 is 5.41 Å². The maximum atomic E-state index is 11.7. The molecule has 2 rings (SSSR count). The van der Waals surface area contributed by atoms with Crippen molar-refractivity contribution in [3.05, 3.63) is 0 Å². The summed E-state index contributed by atoms with van der Waals surface area (Å²) in [6.07, 6.45) is 5.84. The van der Waals surface area contributed by atoms with Crippen LogP contribution >= 0.6 is 0 Å². The van der Waals surface area contributed by atoms with Gasteiger partial charge in [0.05, 0.1) is 6.07 Å². The third-order valence-electron chi connectivity index (χ3n) is 3.37. The Labute approximate surface area is 72.6 Å². The molecule has 0 unspecified atom stereocenters. The Morgan fingerprint density at radius 2 is 1.92 bits per heavy atom. The second kappa shape index (κ2) is 2.58. The van der Waals surface area contributed by atoms with Crippen LogP contribution in [0.3, 0.4) is 0 Å². The van der Waals surface area contributed by atoms with E-state index in [-0.39, 0.29) is 11.7 Å². The Balaban J connectivity index is 2.31. The molecule has 2 aliphatic rings. The smallest absolute Gasteiger partial charge is 0.156 e. The Kier molecular flexibility index (Phi) is 1.68. The molecule has 64 valence electrons. The highest BCUT2D eigenvalue weighted by atomic mass is 16.1. The molecule has 0 radical (unpaired) electrons. The second-order valence-corrected chi connectivity index (χ2v) is 4.04. The molecular weight excluding hydrogens is 150 g/mol. The van der Waals surface area contributed by atoms with Gasteiger partial charge in [-0.15, -0.1) is 0 Å². The van der Waals surface area contributed by atoms with Crippen LogP contribution in [0.15, 0.2) is 0 Å². The number of rotatable bonds is 0. The summed E-state index contributed by atoms with van der Waals surface area (Å²) in [5.41, 5.74) is -0.554. The second-order valence-electron chi connectivity index (χ2n) is 4.04. The molecule has 2 saturated carbocycles. The third kappa shape index (κ3) is 0.891. The van der Waals surface area contributed by atoms with Crippen molar-refractivity contribution in [3.63, 3.8) is 0 Å². The quantitative estimate of drug-likeness (QED) is 0.548. The molecule has 0 aromatic heterocycles. The highest BCUT2D eigenvalue weighted by molar-refractivity contribution is 5.90. The van der Waals surface area contributed by atoms with Crippen LogP contribution in [0, 0.1) is 22.7 Å². The minimum atomic E-state index is -0.554. The zero-order valence-corrected chi connectivity index (χ0v) is 7.18. The first-order chi connectivity index (χ1) is 5.78. The monoisotopic (exact) mass is 163 g/mol. The summed E-state index contributed by atoms with van der Waals surface area (Å²) in [5, 5.41) is 8.99. The van der Waals surface area contributed by atoms with Crippen molar-refractivity contribution >= 4 is 5.78 Å². The molecule has 2 bridgehead atoms. The van der Waals surface area contributed by atoms with Gasteiger partial charge >= 0.3 is 0 Å². The normalized spacial score (nSPS) is 40.6. The maximum absolute atomic E-state index is 11.7. The van der Waals surface area contributed by atoms with E-state index in [1.165, 1.54) is 0 Å². The molecule has 0 aromatic carbocycles. The average Bonchev–Trinajstić information content (AvgIpc) is 2.05. The number of ketones is 1. The minimum absolute atomic E-state index is 0.229. The Bertz CT molecular complexity index is 241. The number of Topliss-reactive ketones (excluding diaryl/α,β-unsaturated/α-hetero) is 1. The molecule has 12 heavy (non-hydrogen) atoms. The van der Waals surface area contributed by atoms with Crippen molar-refractivity contribution < 1.29 is 4.79 Å². The highest BCUT2D eigenvalue weighted by Gasteiger charge is 2.47. The van der Waals surface area contributed by atoms with Crippen molar-refractivity contribution in [2.45, 2.75) is 38.5 Å². The van der Waals surface area contributed by atoms with E-state index in [1.807, 2.05) is 0 Å². The number of carbonyl (C=O) groups is 1. The maximum Gasteiger partial charge on any atom is 0.156 e. The lowest BCUT2D eigenvalue weighted by Crippen LogP contribution is -2.42. The first kappa shape index (κ1) is 7.79. The van der Waals surface area contributed by atoms with E-state index in [0.717, 1.165) is 38.5 Å². The number of nitriles is 1. The first-order valence-corrected chi connectivity index (χ1v) is 4.74. The molecule has 2 heteroatoms. The van der Waals surface area contributed by atoms with Crippen LogP contribution in [0.5, 0.6) is 0 Å². The molecule has 2 aliphatic carbocycles. The standard InChI is InChI=1S/C10H13NO/c11-7-10-5-1-3-8(9(10)12)4-2-6-10/h8H,1-6H2. The van der Waals surface area contributed by atoms with Crippen molar-refractivity contribution in [1.29, 1.82) is 5.26 Å².